The Morgan fingerprint density at radius 1 is 0.828 bits per heavy atom. The highest BCUT2D eigenvalue weighted by molar-refractivity contribution is 7.54. The monoisotopic (exact) mass is 415 g/mol. The summed E-state index contributed by atoms with van der Waals surface area (Å²) in [5.41, 5.74) is 2.82. The maximum Gasteiger partial charge on any atom is 0.354 e. The van der Waals surface area contributed by atoms with Crippen LogP contribution in [-0.4, -0.2) is 24.7 Å². The summed E-state index contributed by atoms with van der Waals surface area (Å²) in [5, 5.41) is 0. The van der Waals surface area contributed by atoms with E-state index in [0.29, 0.717) is 19.6 Å². The first-order chi connectivity index (χ1) is 14.1. The first kappa shape index (κ1) is 23.5. The molecular formula is C24H34NO3P. The van der Waals surface area contributed by atoms with Crippen LogP contribution in [0.5, 0.6) is 0 Å². The van der Waals surface area contributed by atoms with Gasteiger partial charge in [0.15, 0.2) is 5.78 Å². The number of hydrogen-bond donors (Lipinski definition) is 0. The second-order valence-corrected chi connectivity index (χ2v) is 9.11. The van der Waals surface area contributed by atoms with Gasteiger partial charge in [-0.1, -0.05) is 93.3 Å². The van der Waals surface area contributed by atoms with Gasteiger partial charge in [0.1, 0.15) is 0 Å². The van der Waals surface area contributed by atoms with Crippen molar-refractivity contribution in [3.63, 3.8) is 0 Å². The van der Waals surface area contributed by atoms with E-state index in [1.54, 1.807) is 0 Å². The highest BCUT2D eigenvalue weighted by Crippen LogP contribution is 2.55. The van der Waals surface area contributed by atoms with Crippen LogP contribution in [0.15, 0.2) is 65.7 Å². The minimum Gasteiger partial charge on any atom is -0.307 e. The summed E-state index contributed by atoms with van der Waals surface area (Å²) in [7, 11) is -3.36. The fourth-order valence-corrected chi connectivity index (χ4v) is 5.17. The molecule has 0 spiro atoms. The molecule has 0 fully saturated rings. The summed E-state index contributed by atoms with van der Waals surface area (Å²) in [6.45, 7) is 6.55. The molecule has 1 unspecified atom stereocenters. The molecule has 0 amide bonds. The summed E-state index contributed by atoms with van der Waals surface area (Å²) in [6.07, 6.45) is 5.03. The van der Waals surface area contributed by atoms with Gasteiger partial charge in [0, 0.05) is 11.1 Å². The molecule has 0 aliphatic carbocycles. The van der Waals surface area contributed by atoms with E-state index >= 15 is 0 Å². The molecule has 0 N–H and O–H groups in total. The zero-order valence-electron chi connectivity index (χ0n) is 17.9. The van der Waals surface area contributed by atoms with E-state index in [-0.39, 0.29) is 0 Å². The molecule has 0 aliphatic heterocycles. The molecule has 0 aromatic heterocycles. The zero-order chi connectivity index (χ0) is 21.0. The normalized spacial score (nSPS) is 12.5. The Labute approximate surface area is 175 Å². The Morgan fingerprint density at radius 3 is 1.79 bits per heavy atom. The van der Waals surface area contributed by atoms with E-state index in [9.17, 15) is 4.57 Å². The molecular weight excluding hydrogens is 381 g/mol. The van der Waals surface area contributed by atoms with Crippen molar-refractivity contribution < 1.29 is 13.6 Å². The second kappa shape index (κ2) is 12.7. The lowest BCUT2D eigenvalue weighted by Crippen LogP contribution is -2.16. The smallest absolute Gasteiger partial charge is 0.307 e. The van der Waals surface area contributed by atoms with Crippen LogP contribution < -0.4 is 0 Å². The standard InChI is InChI=1S/C24H34NO3P/c1-4-7-8-15-20-23(29(26,27-5-2)28-6-3)25-24(21-16-11-9-12-17-21)22-18-13-10-14-19-22/h9-14,16-19,23H,4-8,15,20H2,1-3H3. The predicted octanol–water partition coefficient (Wildman–Crippen LogP) is 7.09. The van der Waals surface area contributed by atoms with Gasteiger partial charge in [-0.2, -0.15) is 0 Å². The number of hydrogen-bond acceptors (Lipinski definition) is 4. The number of benzene rings is 2. The van der Waals surface area contributed by atoms with Crippen molar-refractivity contribution in [1.29, 1.82) is 0 Å². The Morgan fingerprint density at radius 2 is 1.34 bits per heavy atom. The van der Waals surface area contributed by atoms with Gasteiger partial charge in [0.05, 0.1) is 18.9 Å². The molecule has 2 rings (SSSR count). The fourth-order valence-electron chi connectivity index (χ4n) is 3.27. The Hall–Kier alpha value is -1.74. The molecule has 0 heterocycles. The largest absolute Gasteiger partial charge is 0.354 e. The molecule has 0 radical (unpaired) electrons. The molecule has 2 aromatic carbocycles. The maximum atomic E-state index is 13.6. The van der Waals surface area contributed by atoms with Crippen LogP contribution in [0.4, 0.5) is 0 Å². The van der Waals surface area contributed by atoms with E-state index in [4.69, 9.17) is 14.0 Å². The lowest BCUT2D eigenvalue weighted by atomic mass is 10.0. The summed E-state index contributed by atoms with van der Waals surface area (Å²) in [5.74, 6) is -0.519. The molecule has 2 aromatic rings. The lowest BCUT2D eigenvalue weighted by molar-refractivity contribution is 0.210. The molecule has 0 aliphatic rings. The van der Waals surface area contributed by atoms with Gasteiger partial charge in [0.2, 0.25) is 0 Å². The van der Waals surface area contributed by atoms with Gasteiger partial charge >= 0.3 is 7.60 Å². The van der Waals surface area contributed by atoms with Gasteiger partial charge in [-0.05, 0) is 20.3 Å². The van der Waals surface area contributed by atoms with Crippen molar-refractivity contribution in [1.82, 2.24) is 0 Å². The molecule has 0 saturated heterocycles. The number of nitrogens with zero attached hydrogens (tertiary/aromatic N) is 1. The maximum absolute atomic E-state index is 13.6. The van der Waals surface area contributed by atoms with Crippen LogP contribution in [0.3, 0.4) is 0 Å². The molecule has 29 heavy (non-hydrogen) atoms. The quantitative estimate of drug-likeness (QED) is 0.199. The van der Waals surface area contributed by atoms with Gasteiger partial charge in [-0.25, -0.2) is 0 Å². The minimum absolute atomic E-state index is 0.338. The number of rotatable bonds is 13. The highest BCUT2D eigenvalue weighted by Gasteiger charge is 2.35. The van der Waals surface area contributed by atoms with Crippen LogP contribution >= 0.6 is 7.60 Å². The van der Waals surface area contributed by atoms with Gasteiger partial charge < -0.3 is 9.05 Å². The summed E-state index contributed by atoms with van der Waals surface area (Å²) >= 11 is 0. The van der Waals surface area contributed by atoms with Crippen molar-refractivity contribution in [3.05, 3.63) is 71.8 Å². The summed E-state index contributed by atoms with van der Waals surface area (Å²) in [4.78, 5) is 5.03. The third-order valence-electron chi connectivity index (χ3n) is 4.67. The molecule has 0 saturated carbocycles. The third kappa shape index (κ3) is 7.22. The van der Waals surface area contributed by atoms with E-state index in [1.165, 1.54) is 0 Å². The second-order valence-electron chi connectivity index (χ2n) is 6.92. The van der Waals surface area contributed by atoms with Crippen LogP contribution in [0.1, 0.15) is 64.0 Å². The minimum atomic E-state index is -3.36. The van der Waals surface area contributed by atoms with Crippen LogP contribution in [0, 0.1) is 0 Å². The molecule has 1 atom stereocenters. The SMILES string of the molecule is CCCCCCC(N=C(c1ccccc1)c1ccccc1)P(=O)(OCC)OCC. The first-order valence-corrected chi connectivity index (χ1v) is 12.3. The average Bonchev–Trinajstić information content (AvgIpc) is 2.75. The molecule has 4 nitrogen and oxygen atoms in total. The van der Waals surface area contributed by atoms with Crippen LogP contribution in [-0.2, 0) is 13.6 Å². The first-order valence-electron chi connectivity index (χ1n) is 10.7. The third-order valence-corrected chi connectivity index (χ3v) is 7.01. The van der Waals surface area contributed by atoms with Crippen molar-refractivity contribution in [2.75, 3.05) is 13.2 Å². The Balaban J connectivity index is 2.48. The number of unbranched alkanes of at least 4 members (excludes halogenated alkanes) is 3. The fraction of sp³-hybridized carbons (Fsp3) is 0.458. The van der Waals surface area contributed by atoms with E-state index in [2.05, 4.69) is 6.92 Å². The summed E-state index contributed by atoms with van der Waals surface area (Å²) in [6, 6.07) is 20.1. The number of aliphatic imine (C=N–C) groups is 1. The Bertz CT molecular complexity index is 726. The van der Waals surface area contributed by atoms with Gasteiger partial charge in [-0.3, -0.25) is 9.56 Å². The van der Waals surface area contributed by atoms with Crippen LogP contribution in [0.25, 0.3) is 0 Å². The molecule has 158 valence electrons. The van der Waals surface area contributed by atoms with E-state index < -0.39 is 13.4 Å². The Kier molecular flexibility index (Phi) is 10.3. The topological polar surface area (TPSA) is 47.9 Å². The molecule has 0 bridgehead atoms. The van der Waals surface area contributed by atoms with Crippen molar-refractivity contribution in [2.45, 2.75) is 58.7 Å². The van der Waals surface area contributed by atoms with Crippen molar-refractivity contribution in [3.8, 4) is 0 Å². The van der Waals surface area contributed by atoms with E-state index in [0.717, 1.165) is 42.5 Å². The van der Waals surface area contributed by atoms with Gasteiger partial charge in [0.25, 0.3) is 0 Å². The van der Waals surface area contributed by atoms with Crippen molar-refractivity contribution >= 4 is 13.3 Å². The lowest BCUT2D eigenvalue weighted by Gasteiger charge is -2.25. The zero-order valence-corrected chi connectivity index (χ0v) is 18.8. The van der Waals surface area contributed by atoms with Crippen LogP contribution in [0.2, 0.25) is 0 Å². The van der Waals surface area contributed by atoms with Gasteiger partial charge in [-0.15, -0.1) is 0 Å². The summed E-state index contributed by atoms with van der Waals surface area (Å²) < 4.78 is 25.0. The van der Waals surface area contributed by atoms with E-state index in [1.807, 2.05) is 74.5 Å². The van der Waals surface area contributed by atoms with Crippen molar-refractivity contribution in [2.24, 2.45) is 4.99 Å². The average molecular weight is 416 g/mol. The predicted molar refractivity (Wildman–Crippen MR) is 122 cm³/mol. The molecule has 5 heteroatoms. The highest BCUT2D eigenvalue weighted by atomic mass is 31.2.